The van der Waals surface area contributed by atoms with Gasteiger partial charge in [0.15, 0.2) is 0 Å². The quantitative estimate of drug-likeness (QED) is 0.162. The maximum Gasteiger partial charge on any atom is 0.306 e. The number of hydrogen-bond acceptors (Lipinski definition) is 5. The highest BCUT2D eigenvalue weighted by Crippen LogP contribution is 2.78. The van der Waals surface area contributed by atoms with E-state index in [1.807, 2.05) is 40.8 Å². The zero-order chi connectivity index (χ0) is 39.4. The van der Waals surface area contributed by atoms with E-state index in [2.05, 4.69) is 63.4 Å². The Kier molecular flexibility index (Phi) is 11.6. The second-order valence-electron chi connectivity index (χ2n) is 20.3. The van der Waals surface area contributed by atoms with Crippen LogP contribution in [0.15, 0.2) is 18.3 Å². The fraction of sp³-hybridized carbons (Fsp3) is 0.822. The Morgan fingerprint density at radius 3 is 2.26 bits per heavy atom. The summed E-state index contributed by atoms with van der Waals surface area (Å²) in [5.41, 5.74) is 2.03. The Hall–Kier alpha value is -2.64. The molecule has 5 aliphatic rings. The summed E-state index contributed by atoms with van der Waals surface area (Å²) in [4.78, 5) is 45.9. The normalized spacial score (nSPS) is 38.5. The Morgan fingerprint density at radius 1 is 0.943 bits per heavy atom. The molecular formula is C45H73N3O5. The van der Waals surface area contributed by atoms with Gasteiger partial charge in [-0.1, -0.05) is 74.5 Å². The molecule has 6 rings (SSSR count). The standard InChI is InChI=1S/C43H67N3O5.C2H6/c1-26(2)28-13-18-43(21-34(47)45-25-33-44-24-27(3)46-33)20-19-41(9)29(37(28)43)11-12-31-40(8)16-15-32(39(6,7)30(40)14-17-42(31,41)10)51-36(50)23-38(4,5)22-35(48)49;1-2/h24,28-32,37H,1,11-23,25H2,2-10H3,(H,44,46)(H,45,47)(H,48,49);1-2H3/t28-,29+,30?,31?,32?,37?,40-,41+,42+,43+;/m0./s1. The number of aryl methyl sites for hydroxylation is 1. The number of carbonyl (C=O) groups is 3. The topological polar surface area (TPSA) is 121 Å². The summed E-state index contributed by atoms with van der Waals surface area (Å²) in [6.07, 6.45) is 13.5. The van der Waals surface area contributed by atoms with Gasteiger partial charge in [0, 0.05) is 23.7 Å². The van der Waals surface area contributed by atoms with Crippen molar-refractivity contribution in [3.63, 3.8) is 0 Å². The van der Waals surface area contributed by atoms with E-state index in [4.69, 9.17) is 4.74 Å². The Bertz CT molecular complexity index is 1550. The second kappa shape index (κ2) is 14.8. The average Bonchev–Trinajstić information content (AvgIpc) is 3.65. The van der Waals surface area contributed by atoms with Crippen LogP contribution >= 0.6 is 0 Å². The molecule has 5 saturated carbocycles. The fourth-order valence-electron chi connectivity index (χ4n) is 14.0. The summed E-state index contributed by atoms with van der Waals surface area (Å²) in [6.45, 7) is 29.4. The molecule has 5 aliphatic carbocycles. The fourth-order valence-corrected chi connectivity index (χ4v) is 14.0. The molecule has 8 nitrogen and oxygen atoms in total. The van der Waals surface area contributed by atoms with Crippen LogP contribution in [0.5, 0.6) is 0 Å². The molecule has 10 atom stereocenters. The van der Waals surface area contributed by atoms with Crippen molar-refractivity contribution in [3.8, 4) is 0 Å². The molecule has 1 amide bonds. The largest absolute Gasteiger partial charge is 0.481 e. The SMILES string of the molecule is C=C(C)[C@@H]1CC[C@]2(CC(=O)NCc3ncc(C)[nH]3)CC[C@]3(C)[C@H](CCC4[C@@]5(C)CCC(OC(=O)CC(C)(C)CC(=O)O)C(C)(C)C5CC[C@]43C)C12.CC. The molecule has 0 bridgehead atoms. The number of imidazole rings is 1. The first-order chi connectivity index (χ1) is 24.7. The molecule has 298 valence electrons. The molecule has 1 heterocycles. The highest BCUT2D eigenvalue weighted by molar-refractivity contribution is 5.77. The van der Waals surface area contributed by atoms with Crippen LogP contribution in [-0.2, 0) is 25.7 Å². The Labute approximate surface area is 320 Å². The highest BCUT2D eigenvalue weighted by atomic mass is 16.5. The van der Waals surface area contributed by atoms with E-state index in [-0.39, 0.29) is 57.9 Å². The van der Waals surface area contributed by atoms with Gasteiger partial charge in [-0.15, -0.1) is 0 Å². The van der Waals surface area contributed by atoms with Gasteiger partial charge >= 0.3 is 11.9 Å². The maximum atomic E-state index is 13.7. The number of fused-ring (bicyclic) bond motifs is 7. The number of nitrogens with one attached hydrogen (secondary N) is 2. The third-order valence-electron chi connectivity index (χ3n) is 16.4. The molecule has 1 aromatic heterocycles. The van der Waals surface area contributed by atoms with E-state index in [1.165, 1.54) is 31.3 Å². The molecule has 0 radical (unpaired) electrons. The van der Waals surface area contributed by atoms with Gasteiger partial charge in [-0.25, -0.2) is 4.98 Å². The van der Waals surface area contributed by atoms with Crippen molar-refractivity contribution in [2.75, 3.05) is 0 Å². The van der Waals surface area contributed by atoms with Crippen molar-refractivity contribution in [3.05, 3.63) is 29.9 Å². The molecule has 8 heteroatoms. The number of H-pyrrole nitrogens is 1. The van der Waals surface area contributed by atoms with Gasteiger partial charge in [0.25, 0.3) is 0 Å². The molecule has 0 spiro atoms. The molecule has 4 unspecified atom stereocenters. The highest BCUT2D eigenvalue weighted by Gasteiger charge is 2.71. The summed E-state index contributed by atoms with van der Waals surface area (Å²) >= 11 is 0. The number of carbonyl (C=O) groups excluding carboxylic acids is 2. The van der Waals surface area contributed by atoms with Crippen LogP contribution < -0.4 is 5.32 Å². The first-order valence-corrected chi connectivity index (χ1v) is 21.0. The zero-order valence-corrected chi connectivity index (χ0v) is 35.2. The van der Waals surface area contributed by atoms with E-state index < -0.39 is 11.4 Å². The Morgan fingerprint density at radius 2 is 1.64 bits per heavy atom. The maximum absolute atomic E-state index is 13.7. The van der Waals surface area contributed by atoms with Gasteiger partial charge in [0.05, 0.1) is 19.4 Å². The van der Waals surface area contributed by atoms with Crippen molar-refractivity contribution in [2.45, 2.75) is 172 Å². The van der Waals surface area contributed by atoms with Gasteiger partial charge in [0.1, 0.15) is 11.9 Å². The minimum Gasteiger partial charge on any atom is -0.481 e. The zero-order valence-electron chi connectivity index (χ0n) is 35.2. The number of hydrogen-bond donors (Lipinski definition) is 3. The summed E-state index contributed by atoms with van der Waals surface area (Å²) < 4.78 is 6.27. The monoisotopic (exact) mass is 736 g/mol. The number of esters is 1. The predicted molar refractivity (Wildman–Crippen MR) is 211 cm³/mol. The molecule has 1 aromatic rings. The van der Waals surface area contributed by atoms with Crippen LogP contribution in [0.2, 0.25) is 0 Å². The second-order valence-corrected chi connectivity index (χ2v) is 20.3. The number of aromatic nitrogens is 2. The number of carboxylic acid groups (broad SMARTS) is 1. The lowest BCUT2D eigenvalue weighted by atomic mass is 9.32. The van der Waals surface area contributed by atoms with Gasteiger partial charge < -0.3 is 20.1 Å². The number of aliphatic carboxylic acids is 1. The van der Waals surface area contributed by atoms with Crippen molar-refractivity contribution in [2.24, 2.45) is 62.1 Å². The third-order valence-corrected chi connectivity index (χ3v) is 16.4. The first kappa shape index (κ1) is 41.5. The van der Waals surface area contributed by atoms with Gasteiger partial charge in [0.2, 0.25) is 5.91 Å². The van der Waals surface area contributed by atoms with Crippen molar-refractivity contribution in [1.29, 1.82) is 0 Å². The summed E-state index contributed by atoms with van der Waals surface area (Å²) in [5.74, 6) is 2.35. The molecule has 0 saturated heterocycles. The average molecular weight is 736 g/mol. The number of ether oxygens (including phenoxy) is 1. The van der Waals surface area contributed by atoms with E-state index in [9.17, 15) is 19.5 Å². The predicted octanol–water partition coefficient (Wildman–Crippen LogP) is 10.2. The lowest BCUT2D eigenvalue weighted by Gasteiger charge is -2.73. The number of aromatic amines is 1. The number of nitrogens with zero attached hydrogens (tertiary/aromatic N) is 1. The molecule has 3 N–H and O–H groups in total. The smallest absolute Gasteiger partial charge is 0.306 e. The van der Waals surface area contributed by atoms with Crippen LogP contribution in [0.25, 0.3) is 0 Å². The number of carboxylic acids is 1. The van der Waals surface area contributed by atoms with Crippen LogP contribution in [-0.4, -0.2) is 39.0 Å². The minimum atomic E-state index is -0.886. The molecular weight excluding hydrogens is 663 g/mol. The molecule has 0 aliphatic heterocycles. The van der Waals surface area contributed by atoms with Gasteiger partial charge in [-0.2, -0.15) is 0 Å². The van der Waals surface area contributed by atoms with Gasteiger partial charge in [-0.05, 0) is 135 Å². The third kappa shape index (κ3) is 7.28. The lowest BCUT2D eigenvalue weighted by Crippen LogP contribution is -2.67. The number of amides is 1. The van der Waals surface area contributed by atoms with Crippen LogP contribution in [0.4, 0.5) is 0 Å². The lowest BCUT2D eigenvalue weighted by molar-refractivity contribution is -0.250. The van der Waals surface area contributed by atoms with E-state index in [1.54, 1.807) is 0 Å². The molecule has 53 heavy (non-hydrogen) atoms. The van der Waals surface area contributed by atoms with E-state index >= 15 is 0 Å². The summed E-state index contributed by atoms with van der Waals surface area (Å²) in [6, 6.07) is 0. The molecule has 0 aromatic carbocycles. The summed E-state index contributed by atoms with van der Waals surface area (Å²) in [5, 5.41) is 12.6. The van der Waals surface area contributed by atoms with E-state index in [0.717, 1.165) is 50.0 Å². The number of allylic oxidation sites excluding steroid dienone is 1. The minimum absolute atomic E-state index is 0.0181. The first-order valence-electron chi connectivity index (χ1n) is 21.0. The van der Waals surface area contributed by atoms with Crippen molar-refractivity contribution in [1.82, 2.24) is 15.3 Å². The van der Waals surface area contributed by atoms with Crippen LogP contribution in [0.1, 0.15) is 164 Å². The number of rotatable bonds is 10. The van der Waals surface area contributed by atoms with Crippen molar-refractivity contribution < 1.29 is 24.2 Å². The van der Waals surface area contributed by atoms with E-state index in [0.29, 0.717) is 42.6 Å². The van der Waals surface area contributed by atoms with Crippen LogP contribution in [0, 0.1) is 69.0 Å². The van der Waals surface area contributed by atoms with Gasteiger partial charge in [-0.3, -0.25) is 14.4 Å². The van der Waals surface area contributed by atoms with Crippen LogP contribution in [0.3, 0.4) is 0 Å². The van der Waals surface area contributed by atoms with Crippen molar-refractivity contribution >= 4 is 17.8 Å². The molecule has 5 fully saturated rings. The summed E-state index contributed by atoms with van der Waals surface area (Å²) in [7, 11) is 0. The Balaban J connectivity index is 0.00000266.